The van der Waals surface area contributed by atoms with Gasteiger partial charge in [-0.2, -0.15) is 0 Å². The molecule has 1 aromatic heterocycles. The number of hydrogen-bond donors (Lipinski definition) is 1. The minimum atomic E-state index is -1.12. The Hall–Kier alpha value is -3.18. The molecule has 2 aromatic rings. The Kier molecular flexibility index (Phi) is 6.76. The Morgan fingerprint density at radius 2 is 2.16 bits per heavy atom. The number of ether oxygens (including phenoxy) is 1. The first-order valence-electron chi connectivity index (χ1n) is 9.19. The summed E-state index contributed by atoms with van der Waals surface area (Å²) in [5, 5.41) is 20.9. The number of aliphatic carboxylic acids is 1. The molecule has 2 heterocycles. The number of nitro groups is 1. The SMILES string of the molecule is CCCC(C(=O)O)N1C(=O)/C(=C\c2ccc(-c3ccc(OC)cc3[N+](=O)[O-])o2)SC1=S. The third-order valence-corrected chi connectivity index (χ3v) is 5.88. The van der Waals surface area contributed by atoms with Gasteiger partial charge in [-0.1, -0.05) is 37.3 Å². The van der Waals surface area contributed by atoms with E-state index < -0.39 is 22.8 Å². The molecule has 162 valence electrons. The van der Waals surface area contributed by atoms with Gasteiger partial charge in [0.15, 0.2) is 0 Å². The lowest BCUT2D eigenvalue weighted by Gasteiger charge is -2.22. The van der Waals surface area contributed by atoms with E-state index >= 15 is 0 Å². The minimum absolute atomic E-state index is 0.162. The summed E-state index contributed by atoms with van der Waals surface area (Å²) in [5.41, 5.74) is 0.0716. The molecule has 0 saturated carbocycles. The topological polar surface area (TPSA) is 123 Å². The molecule has 11 heteroatoms. The number of benzene rings is 1. The molecular formula is C20H18N2O7S2. The molecule has 3 rings (SSSR count). The summed E-state index contributed by atoms with van der Waals surface area (Å²) in [4.78, 5) is 36.5. The molecule has 1 aliphatic heterocycles. The number of rotatable bonds is 8. The molecule has 1 fully saturated rings. The lowest BCUT2D eigenvalue weighted by Crippen LogP contribution is -2.43. The average Bonchev–Trinajstić information content (AvgIpc) is 3.30. The number of thioether (sulfide) groups is 1. The number of furan rings is 1. The first kappa shape index (κ1) is 22.5. The molecule has 1 saturated heterocycles. The van der Waals surface area contributed by atoms with Crippen LogP contribution in [-0.2, 0) is 9.59 Å². The summed E-state index contributed by atoms with van der Waals surface area (Å²) >= 11 is 6.21. The fourth-order valence-electron chi connectivity index (χ4n) is 3.09. The van der Waals surface area contributed by atoms with Crippen LogP contribution in [0.4, 0.5) is 5.69 Å². The molecule has 1 aliphatic rings. The van der Waals surface area contributed by atoms with Crippen molar-refractivity contribution in [1.29, 1.82) is 0 Å². The van der Waals surface area contributed by atoms with Crippen molar-refractivity contribution < 1.29 is 28.8 Å². The van der Waals surface area contributed by atoms with Gasteiger partial charge in [0.25, 0.3) is 11.6 Å². The second-order valence-electron chi connectivity index (χ2n) is 6.54. The number of nitro benzene ring substituents is 1. The van der Waals surface area contributed by atoms with E-state index in [-0.39, 0.29) is 38.4 Å². The molecule has 1 unspecified atom stereocenters. The Bertz CT molecular complexity index is 1090. The number of carbonyl (C=O) groups excluding carboxylic acids is 1. The van der Waals surface area contributed by atoms with Crippen LogP contribution in [0.15, 0.2) is 39.7 Å². The molecule has 31 heavy (non-hydrogen) atoms. The van der Waals surface area contributed by atoms with Crippen LogP contribution in [0.1, 0.15) is 25.5 Å². The number of thiocarbonyl (C=S) groups is 1. The van der Waals surface area contributed by atoms with E-state index in [1.165, 1.54) is 25.3 Å². The van der Waals surface area contributed by atoms with Crippen LogP contribution in [0.3, 0.4) is 0 Å². The van der Waals surface area contributed by atoms with Gasteiger partial charge < -0.3 is 14.3 Å². The van der Waals surface area contributed by atoms with Crippen LogP contribution in [0.5, 0.6) is 5.75 Å². The van der Waals surface area contributed by atoms with E-state index in [9.17, 15) is 24.8 Å². The molecule has 0 spiro atoms. The Labute approximate surface area is 186 Å². The highest BCUT2D eigenvalue weighted by Gasteiger charge is 2.40. The highest BCUT2D eigenvalue weighted by molar-refractivity contribution is 8.26. The standard InChI is InChI=1S/C20H18N2O7S2/c1-3-4-14(19(24)25)21-18(23)17(31-20(21)30)10-12-6-8-16(29-12)13-7-5-11(28-2)9-15(13)22(26)27/h5-10,14H,3-4H2,1-2H3,(H,24,25)/b17-10+. The van der Waals surface area contributed by atoms with Gasteiger partial charge >= 0.3 is 5.97 Å². The Balaban J connectivity index is 1.91. The van der Waals surface area contributed by atoms with Gasteiger partial charge in [-0.25, -0.2) is 4.79 Å². The largest absolute Gasteiger partial charge is 0.497 e. The average molecular weight is 463 g/mol. The number of hydrogen-bond acceptors (Lipinski definition) is 8. The summed E-state index contributed by atoms with van der Waals surface area (Å²) in [5.74, 6) is -0.768. The van der Waals surface area contributed by atoms with Gasteiger partial charge in [0.1, 0.15) is 27.6 Å². The third kappa shape index (κ3) is 4.62. The van der Waals surface area contributed by atoms with Crippen molar-refractivity contribution >= 4 is 51.9 Å². The molecular weight excluding hydrogens is 444 g/mol. The van der Waals surface area contributed by atoms with Crippen LogP contribution in [0.2, 0.25) is 0 Å². The molecule has 1 amide bonds. The van der Waals surface area contributed by atoms with Crippen LogP contribution >= 0.6 is 24.0 Å². The van der Waals surface area contributed by atoms with Crippen LogP contribution in [0.25, 0.3) is 17.4 Å². The van der Waals surface area contributed by atoms with Crippen molar-refractivity contribution in [2.45, 2.75) is 25.8 Å². The fraction of sp³-hybridized carbons (Fsp3) is 0.250. The number of methoxy groups -OCH3 is 1. The number of carbonyl (C=O) groups is 2. The maximum Gasteiger partial charge on any atom is 0.326 e. The summed E-state index contributed by atoms with van der Waals surface area (Å²) in [6, 6.07) is 6.48. The molecule has 1 aromatic carbocycles. The van der Waals surface area contributed by atoms with E-state index in [4.69, 9.17) is 21.4 Å². The zero-order valence-corrected chi connectivity index (χ0v) is 18.2. The lowest BCUT2D eigenvalue weighted by atomic mass is 10.1. The quantitative estimate of drug-likeness (QED) is 0.264. The summed E-state index contributed by atoms with van der Waals surface area (Å²) in [7, 11) is 1.41. The molecule has 0 aliphatic carbocycles. The van der Waals surface area contributed by atoms with Gasteiger partial charge in [0.05, 0.1) is 28.6 Å². The molecule has 0 bridgehead atoms. The zero-order chi connectivity index (χ0) is 22.7. The van der Waals surface area contributed by atoms with Gasteiger partial charge in [-0.15, -0.1) is 0 Å². The van der Waals surface area contributed by atoms with Crippen molar-refractivity contribution in [1.82, 2.24) is 4.90 Å². The molecule has 1 N–H and O–H groups in total. The Morgan fingerprint density at radius 1 is 1.42 bits per heavy atom. The van der Waals surface area contributed by atoms with Crippen molar-refractivity contribution in [2.24, 2.45) is 0 Å². The molecule has 0 radical (unpaired) electrons. The number of nitrogens with zero attached hydrogens (tertiary/aromatic N) is 2. The minimum Gasteiger partial charge on any atom is -0.497 e. The lowest BCUT2D eigenvalue weighted by molar-refractivity contribution is -0.384. The number of amides is 1. The second-order valence-corrected chi connectivity index (χ2v) is 8.21. The number of carboxylic acid groups (broad SMARTS) is 1. The highest BCUT2D eigenvalue weighted by atomic mass is 32.2. The predicted octanol–water partition coefficient (Wildman–Crippen LogP) is 4.32. The summed E-state index contributed by atoms with van der Waals surface area (Å²) in [6.07, 6.45) is 2.30. The second kappa shape index (κ2) is 9.31. The first-order chi connectivity index (χ1) is 14.8. The van der Waals surface area contributed by atoms with Gasteiger partial charge in [0.2, 0.25) is 0 Å². The predicted molar refractivity (Wildman–Crippen MR) is 119 cm³/mol. The smallest absolute Gasteiger partial charge is 0.326 e. The fourth-order valence-corrected chi connectivity index (χ4v) is 4.42. The number of carboxylic acids is 1. The monoisotopic (exact) mass is 462 g/mol. The van der Waals surface area contributed by atoms with Crippen molar-refractivity contribution in [3.63, 3.8) is 0 Å². The Morgan fingerprint density at radius 3 is 2.77 bits per heavy atom. The normalized spacial score (nSPS) is 16.1. The van der Waals surface area contributed by atoms with Crippen molar-refractivity contribution in [3.05, 3.63) is 51.1 Å². The van der Waals surface area contributed by atoms with E-state index in [2.05, 4.69) is 0 Å². The van der Waals surface area contributed by atoms with E-state index in [1.54, 1.807) is 18.2 Å². The van der Waals surface area contributed by atoms with Gasteiger partial charge in [-0.3, -0.25) is 19.8 Å². The third-order valence-electron chi connectivity index (χ3n) is 4.55. The highest BCUT2D eigenvalue weighted by Crippen LogP contribution is 2.37. The van der Waals surface area contributed by atoms with Crippen molar-refractivity contribution in [3.8, 4) is 17.1 Å². The maximum absolute atomic E-state index is 12.8. The zero-order valence-electron chi connectivity index (χ0n) is 16.6. The van der Waals surface area contributed by atoms with Crippen LogP contribution in [0, 0.1) is 10.1 Å². The van der Waals surface area contributed by atoms with Crippen LogP contribution < -0.4 is 4.74 Å². The van der Waals surface area contributed by atoms with E-state index in [0.29, 0.717) is 12.2 Å². The first-order valence-corrected chi connectivity index (χ1v) is 10.4. The molecule has 9 nitrogen and oxygen atoms in total. The van der Waals surface area contributed by atoms with Gasteiger partial charge in [0, 0.05) is 6.08 Å². The van der Waals surface area contributed by atoms with Crippen LogP contribution in [-0.4, -0.2) is 44.3 Å². The van der Waals surface area contributed by atoms with E-state index in [1.807, 2.05) is 6.92 Å². The maximum atomic E-state index is 12.8. The van der Waals surface area contributed by atoms with Gasteiger partial charge in [-0.05, 0) is 30.7 Å². The summed E-state index contributed by atoms with van der Waals surface area (Å²) < 4.78 is 10.9. The van der Waals surface area contributed by atoms with E-state index in [0.717, 1.165) is 16.7 Å². The van der Waals surface area contributed by atoms with Crippen molar-refractivity contribution in [2.75, 3.05) is 7.11 Å². The summed E-state index contributed by atoms with van der Waals surface area (Å²) in [6.45, 7) is 1.83. The molecule has 1 atom stereocenters.